The minimum absolute atomic E-state index is 0. The van der Waals surface area contributed by atoms with Crippen molar-refractivity contribution in [2.75, 3.05) is 12.9 Å². The fourth-order valence-corrected chi connectivity index (χ4v) is 1.81. The van der Waals surface area contributed by atoms with Gasteiger partial charge in [0, 0.05) is 0 Å². The molecule has 92 valence electrons. The Balaban J connectivity index is 0.00000289. The van der Waals surface area contributed by atoms with Crippen molar-refractivity contribution in [2.45, 2.75) is 0 Å². The number of esters is 1. The Morgan fingerprint density at radius 3 is 2.33 bits per heavy atom. The molecular formula is C11H11NaO5S. The van der Waals surface area contributed by atoms with E-state index in [1.807, 2.05) is 0 Å². The first-order valence-electron chi connectivity index (χ1n) is 4.70. The molecular weight excluding hydrogens is 267 g/mol. The molecule has 0 heterocycles. The first kappa shape index (κ1) is 17.3. The van der Waals surface area contributed by atoms with Crippen molar-refractivity contribution in [3.05, 3.63) is 41.5 Å². The number of benzene rings is 1. The quantitative estimate of drug-likeness (QED) is 0.270. The van der Waals surface area contributed by atoms with Gasteiger partial charge in [-0.05, 0) is 11.6 Å². The molecule has 0 aliphatic carbocycles. The number of rotatable bonds is 4. The Morgan fingerprint density at radius 1 is 1.33 bits per heavy atom. The summed E-state index contributed by atoms with van der Waals surface area (Å²) in [6.45, 7) is 0. The number of carbonyl (C=O) groups excluding carboxylic acids is 1. The minimum Gasteiger partial charge on any atom is -0.748 e. The zero-order chi connectivity index (χ0) is 12.9. The smallest absolute Gasteiger partial charge is 0.748 e. The monoisotopic (exact) mass is 278 g/mol. The first-order valence-corrected chi connectivity index (χ1v) is 6.27. The molecule has 0 radical (unpaired) electrons. The van der Waals surface area contributed by atoms with Gasteiger partial charge in [0.25, 0.3) is 0 Å². The molecule has 0 fully saturated rings. The second-order valence-electron chi connectivity index (χ2n) is 3.27. The molecule has 0 aliphatic rings. The van der Waals surface area contributed by atoms with Crippen LogP contribution in [-0.4, -0.2) is 31.8 Å². The number of methoxy groups -OCH3 is 1. The van der Waals surface area contributed by atoms with Crippen molar-refractivity contribution in [3.8, 4) is 0 Å². The Hall–Kier alpha value is -0.660. The topological polar surface area (TPSA) is 83.5 Å². The van der Waals surface area contributed by atoms with Crippen molar-refractivity contribution >= 4 is 22.2 Å². The van der Waals surface area contributed by atoms with Crippen LogP contribution in [0.3, 0.4) is 0 Å². The predicted molar refractivity (Wildman–Crippen MR) is 61.0 cm³/mol. The van der Waals surface area contributed by atoms with Crippen LogP contribution in [0.1, 0.15) is 5.56 Å². The maximum atomic E-state index is 11.3. The van der Waals surface area contributed by atoms with Crippen LogP contribution >= 0.6 is 0 Å². The average molecular weight is 278 g/mol. The van der Waals surface area contributed by atoms with E-state index in [-0.39, 0.29) is 35.1 Å². The van der Waals surface area contributed by atoms with E-state index in [1.54, 1.807) is 30.3 Å². The van der Waals surface area contributed by atoms with E-state index in [4.69, 9.17) is 0 Å². The SMILES string of the molecule is COC(=O)C(=Cc1ccccc1)CS(=O)(=O)[O-].[Na+]. The zero-order valence-corrected chi connectivity index (χ0v) is 12.9. The zero-order valence-electron chi connectivity index (χ0n) is 10.1. The summed E-state index contributed by atoms with van der Waals surface area (Å²) < 4.78 is 36.4. The molecule has 5 nitrogen and oxygen atoms in total. The molecule has 0 aromatic heterocycles. The van der Waals surface area contributed by atoms with Crippen LogP contribution in [-0.2, 0) is 19.6 Å². The summed E-state index contributed by atoms with van der Waals surface area (Å²) in [5.74, 6) is -1.71. The Bertz CT molecular complexity index is 522. The molecule has 7 heteroatoms. The van der Waals surface area contributed by atoms with Crippen LogP contribution < -0.4 is 29.6 Å². The van der Waals surface area contributed by atoms with Crippen LogP contribution in [0, 0.1) is 0 Å². The molecule has 0 aliphatic heterocycles. The van der Waals surface area contributed by atoms with Gasteiger partial charge in [0.15, 0.2) is 0 Å². The third-order valence-electron chi connectivity index (χ3n) is 1.92. The van der Waals surface area contributed by atoms with Gasteiger partial charge in [0.1, 0.15) is 0 Å². The van der Waals surface area contributed by atoms with E-state index >= 15 is 0 Å². The molecule has 0 bridgehead atoms. The molecule has 1 aromatic rings. The summed E-state index contributed by atoms with van der Waals surface area (Å²) >= 11 is 0. The van der Waals surface area contributed by atoms with Gasteiger partial charge in [0.05, 0.1) is 28.6 Å². The van der Waals surface area contributed by atoms with Crippen molar-refractivity contribution in [1.29, 1.82) is 0 Å². The largest absolute Gasteiger partial charge is 1.00 e. The summed E-state index contributed by atoms with van der Waals surface area (Å²) in [7, 11) is -3.39. The third kappa shape index (κ3) is 6.32. The van der Waals surface area contributed by atoms with Gasteiger partial charge >= 0.3 is 35.5 Å². The van der Waals surface area contributed by atoms with Crippen molar-refractivity contribution in [1.82, 2.24) is 0 Å². The fraction of sp³-hybridized carbons (Fsp3) is 0.182. The number of carbonyl (C=O) groups is 1. The van der Waals surface area contributed by atoms with Crippen LogP contribution in [0.25, 0.3) is 6.08 Å². The normalized spacial score (nSPS) is 11.6. The molecule has 0 unspecified atom stereocenters. The van der Waals surface area contributed by atoms with E-state index in [2.05, 4.69) is 4.74 Å². The Morgan fingerprint density at radius 2 is 1.89 bits per heavy atom. The van der Waals surface area contributed by atoms with Gasteiger partial charge in [-0.25, -0.2) is 13.2 Å². The van der Waals surface area contributed by atoms with E-state index in [0.29, 0.717) is 5.56 Å². The van der Waals surface area contributed by atoms with Gasteiger partial charge in [-0.15, -0.1) is 0 Å². The van der Waals surface area contributed by atoms with Gasteiger partial charge in [-0.1, -0.05) is 30.3 Å². The van der Waals surface area contributed by atoms with E-state index in [9.17, 15) is 17.8 Å². The summed E-state index contributed by atoms with van der Waals surface area (Å²) in [5, 5.41) is 0. The van der Waals surface area contributed by atoms with Crippen LogP contribution in [0.4, 0.5) is 0 Å². The molecule has 0 spiro atoms. The summed E-state index contributed by atoms with van der Waals surface area (Å²) in [5.41, 5.74) is 0.435. The van der Waals surface area contributed by atoms with Gasteiger partial charge in [-0.3, -0.25) is 0 Å². The summed E-state index contributed by atoms with van der Waals surface area (Å²) in [6.07, 6.45) is 1.32. The molecule has 0 saturated heterocycles. The van der Waals surface area contributed by atoms with E-state index in [1.165, 1.54) is 6.08 Å². The fourth-order valence-electron chi connectivity index (χ4n) is 1.23. The van der Waals surface area contributed by atoms with E-state index in [0.717, 1.165) is 7.11 Å². The van der Waals surface area contributed by atoms with Crippen molar-refractivity contribution < 1.29 is 52.1 Å². The van der Waals surface area contributed by atoms with E-state index < -0.39 is 21.8 Å². The second-order valence-corrected chi connectivity index (χ2v) is 4.68. The van der Waals surface area contributed by atoms with Gasteiger partial charge < -0.3 is 9.29 Å². The second kappa shape index (κ2) is 7.70. The minimum atomic E-state index is -4.52. The van der Waals surface area contributed by atoms with Crippen molar-refractivity contribution in [2.24, 2.45) is 0 Å². The van der Waals surface area contributed by atoms with Crippen molar-refractivity contribution in [3.63, 3.8) is 0 Å². The number of hydrogen-bond acceptors (Lipinski definition) is 5. The molecule has 0 atom stereocenters. The molecule has 0 saturated carbocycles. The standard InChI is InChI=1S/C11H12O5S.Na/c1-16-11(12)10(8-17(13,14)15)7-9-5-3-2-4-6-9;/h2-7H,8H2,1H3,(H,13,14,15);/q;+1/p-1. The Labute approximate surface area is 128 Å². The maximum absolute atomic E-state index is 11.3. The van der Waals surface area contributed by atoms with Gasteiger partial charge in [0.2, 0.25) is 0 Å². The first-order chi connectivity index (χ1) is 7.92. The average Bonchev–Trinajstić information content (AvgIpc) is 2.27. The molecule has 18 heavy (non-hydrogen) atoms. The van der Waals surface area contributed by atoms with Crippen LogP contribution in [0.5, 0.6) is 0 Å². The molecule has 0 amide bonds. The van der Waals surface area contributed by atoms with Crippen LogP contribution in [0.2, 0.25) is 0 Å². The Kier molecular flexibility index (Phi) is 7.42. The number of hydrogen-bond donors (Lipinski definition) is 0. The molecule has 0 N–H and O–H groups in total. The third-order valence-corrected chi connectivity index (χ3v) is 2.58. The van der Waals surface area contributed by atoms with Crippen LogP contribution in [0.15, 0.2) is 35.9 Å². The number of ether oxygens (including phenoxy) is 1. The molecule has 1 rings (SSSR count). The molecule has 1 aromatic carbocycles. The predicted octanol–water partition coefficient (Wildman–Crippen LogP) is -2.21. The summed E-state index contributed by atoms with van der Waals surface area (Å²) in [6, 6.07) is 8.60. The maximum Gasteiger partial charge on any atom is 1.00 e. The van der Waals surface area contributed by atoms with Gasteiger partial charge in [-0.2, -0.15) is 0 Å². The summed E-state index contributed by atoms with van der Waals surface area (Å²) in [4.78, 5) is 11.3.